The van der Waals surface area contributed by atoms with Crippen LogP contribution in [0.1, 0.15) is 20.1 Å². The first kappa shape index (κ1) is 15.4. The van der Waals surface area contributed by atoms with E-state index in [1.807, 2.05) is 12.1 Å². The summed E-state index contributed by atoms with van der Waals surface area (Å²) in [5.41, 5.74) is 0.388. The summed E-state index contributed by atoms with van der Waals surface area (Å²) in [5.74, 6) is 5.14. The van der Waals surface area contributed by atoms with Crippen molar-refractivity contribution >= 4 is 51.8 Å². The molecule has 0 aliphatic carbocycles. The predicted octanol–water partition coefficient (Wildman–Crippen LogP) is 3.39. The molecule has 0 bridgehead atoms. The molecule has 2 aromatic heterocycles. The summed E-state index contributed by atoms with van der Waals surface area (Å²) in [6.45, 7) is 0.232. The zero-order valence-electron chi connectivity index (χ0n) is 10.1. The van der Waals surface area contributed by atoms with E-state index in [0.717, 1.165) is 21.1 Å². The van der Waals surface area contributed by atoms with Crippen LogP contribution in [0, 0.1) is 11.8 Å². The summed E-state index contributed by atoms with van der Waals surface area (Å²) in [6.07, 6.45) is 0. The summed E-state index contributed by atoms with van der Waals surface area (Å²) >= 11 is 14.3. The van der Waals surface area contributed by atoms with Crippen LogP contribution in [0.3, 0.4) is 0 Å². The van der Waals surface area contributed by atoms with Gasteiger partial charge in [-0.1, -0.05) is 35.0 Å². The number of nitrogens with one attached hydrogen (secondary N) is 1. The van der Waals surface area contributed by atoms with Gasteiger partial charge in [0, 0.05) is 4.88 Å². The van der Waals surface area contributed by atoms with Gasteiger partial charge in [0.2, 0.25) is 0 Å². The standard InChI is InChI=1S/C13H9Cl2NO2S2/c14-11-6-10(12(15)20-11)13(18)16-7-9-4-3-8(19-9)2-1-5-17/h3-4,6,17H,5,7H2,(H,16,18). The molecule has 0 aliphatic rings. The molecule has 0 atom stereocenters. The summed E-state index contributed by atoms with van der Waals surface area (Å²) < 4.78 is 0.867. The minimum absolute atomic E-state index is 0.165. The van der Waals surface area contributed by atoms with Gasteiger partial charge in [-0.3, -0.25) is 4.79 Å². The second-order valence-electron chi connectivity index (χ2n) is 3.65. The van der Waals surface area contributed by atoms with Gasteiger partial charge in [0.05, 0.1) is 21.3 Å². The lowest BCUT2D eigenvalue weighted by molar-refractivity contribution is 0.0952. The Hall–Kier alpha value is -1.03. The average Bonchev–Trinajstić information content (AvgIpc) is 3.00. The number of hydrogen-bond acceptors (Lipinski definition) is 4. The number of rotatable bonds is 3. The fraction of sp³-hybridized carbons (Fsp3) is 0.154. The van der Waals surface area contributed by atoms with Crippen molar-refractivity contribution in [2.75, 3.05) is 6.61 Å². The maximum atomic E-state index is 11.9. The van der Waals surface area contributed by atoms with Crippen molar-refractivity contribution in [3.8, 4) is 11.8 Å². The van der Waals surface area contributed by atoms with Crippen molar-refractivity contribution < 1.29 is 9.90 Å². The number of hydrogen-bond donors (Lipinski definition) is 2. The molecule has 2 N–H and O–H groups in total. The molecule has 3 nitrogen and oxygen atoms in total. The Labute approximate surface area is 134 Å². The monoisotopic (exact) mass is 345 g/mol. The van der Waals surface area contributed by atoms with Crippen molar-refractivity contribution in [1.29, 1.82) is 0 Å². The first-order valence-electron chi connectivity index (χ1n) is 5.51. The molecule has 2 aromatic rings. The molecule has 0 fully saturated rings. The highest BCUT2D eigenvalue weighted by atomic mass is 35.5. The SMILES string of the molecule is O=C(NCc1ccc(C#CCO)s1)c1cc(Cl)sc1Cl. The Morgan fingerprint density at radius 3 is 2.80 bits per heavy atom. The van der Waals surface area contributed by atoms with Gasteiger partial charge in [-0.15, -0.1) is 22.7 Å². The van der Waals surface area contributed by atoms with E-state index in [-0.39, 0.29) is 12.5 Å². The molecule has 0 aromatic carbocycles. The van der Waals surface area contributed by atoms with Gasteiger partial charge in [0.1, 0.15) is 10.9 Å². The second kappa shape index (κ2) is 7.11. The summed E-state index contributed by atoms with van der Waals surface area (Å²) in [6, 6.07) is 5.29. The van der Waals surface area contributed by atoms with E-state index in [1.54, 1.807) is 6.07 Å². The zero-order chi connectivity index (χ0) is 14.5. The minimum Gasteiger partial charge on any atom is -0.384 e. The lowest BCUT2D eigenvalue weighted by Gasteiger charge is -2.01. The van der Waals surface area contributed by atoms with E-state index in [9.17, 15) is 4.79 Å². The summed E-state index contributed by atoms with van der Waals surface area (Å²) in [7, 11) is 0. The van der Waals surface area contributed by atoms with Gasteiger partial charge >= 0.3 is 0 Å². The predicted molar refractivity (Wildman–Crippen MR) is 83.8 cm³/mol. The molecule has 2 heterocycles. The smallest absolute Gasteiger partial charge is 0.254 e. The molecule has 20 heavy (non-hydrogen) atoms. The zero-order valence-corrected chi connectivity index (χ0v) is 13.2. The van der Waals surface area contributed by atoms with Crippen molar-refractivity contribution in [3.63, 3.8) is 0 Å². The van der Waals surface area contributed by atoms with Gasteiger partial charge in [-0.2, -0.15) is 0 Å². The number of carbonyl (C=O) groups excluding carboxylic acids is 1. The Kier molecular flexibility index (Phi) is 5.46. The third-order valence-corrected chi connectivity index (χ3v) is 4.77. The van der Waals surface area contributed by atoms with Crippen LogP contribution in [0.5, 0.6) is 0 Å². The van der Waals surface area contributed by atoms with Gasteiger partial charge in [0.15, 0.2) is 0 Å². The lowest BCUT2D eigenvalue weighted by atomic mass is 10.3. The van der Waals surface area contributed by atoms with Crippen molar-refractivity contribution in [2.24, 2.45) is 0 Å². The maximum Gasteiger partial charge on any atom is 0.254 e. The van der Waals surface area contributed by atoms with Crippen molar-refractivity contribution in [2.45, 2.75) is 6.54 Å². The van der Waals surface area contributed by atoms with Gasteiger partial charge in [-0.25, -0.2) is 0 Å². The molecule has 2 rings (SSSR count). The van der Waals surface area contributed by atoms with E-state index >= 15 is 0 Å². The summed E-state index contributed by atoms with van der Waals surface area (Å²) in [4.78, 5) is 13.7. The Bertz CT molecular complexity index is 682. The highest BCUT2D eigenvalue weighted by Crippen LogP contribution is 2.31. The highest BCUT2D eigenvalue weighted by molar-refractivity contribution is 7.20. The molecule has 0 spiro atoms. The number of aliphatic hydroxyl groups excluding tert-OH is 1. The molecular formula is C13H9Cl2NO2S2. The topological polar surface area (TPSA) is 49.3 Å². The van der Waals surface area contributed by atoms with Gasteiger partial charge < -0.3 is 10.4 Å². The van der Waals surface area contributed by atoms with Crippen molar-refractivity contribution in [1.82, 2.24) is 5.32 Å². The van der Waals surface area contributed by atoms with Crippen molar-refractivity contribution in [3.05, 3.63) is 42.2 Å². The van der Waals surface area contributed by atoms with Crippen LogP contribution in [0.15, 0.2) is 18.2 Å². The third-order valence-electron chi connectivity index (χ3n) is 2.28. The highest BCUT2D eigenvalue weighted by Gasteiger charge is 2.14. The molecule has 0 unspecified atom stereocenters. The van der Waals surface area contributed by atoms with Crippen LogP contribution in [0.2, 0.25) is 8.67 Å². The van der Waals surface area contributed by atoms with E-state index < -0.39 is 0 Å². The van der Waals surface area contributed by atoms with E-state index in [2.05, 4.69) is 17.2 Å². The third kappa shape index (κ3) is 3.98. The average molecular weight is 346 g/mol. The molecule has 1 amide bonds. The first-order chi connectivity index (χ1) is 9.60. The minimum atomic E-state index is -0.255. The Morgan fingerprint density at radius 1 is 1.35 bits per heavy atom. The normalized spacial score (nSPS) is 9.95. The van der Waals surface area contributed by atoms with Crippen LogP contribution in [-0.4, -0.2) is 17.6 Å². The fourth-order valence-corrected chi connectivity index (χ4v) is 3.70. The summed E-state index contributed by atoms with van der Waals surface area (Å²) in [5, 5.41) is 11.4. The Balaban J connectivity index is 1.96. The van der Waals surface area contributed by atoms with Crippen LogP contribution in [-0.2, 0) is 6.54 Å². The van der Waals surface area contributed by atoms with E-state index in [1.165, 1.54) is 11.3 Å². The molecule has 0 saturated heterocycles. The largest absolute Gasteiger partial charge is 0.384 e. The maximum absolute atomic E-state index is 11.9. The molecular weight excluding hydrogens is 337 g/mol. The van der Waals surface area contributed by atoms with Gasteiger partial charge in [0.25, 0.3) is 5.91 Å². The second-order valence-corrected chi connectivity index (χ2v) is 7.10. The van der Waals surface area contributed by atoms with E-state index in [0.29, 0.717) is 20.8 Å². The molecule has 104 valence electrons. The number of aliphatic hydroxyl groups is 1. The number of carbonyl (C=O) groups is 1. The van der Waals surface area contributed by atoms with Crippen LogP contribution < -0.4 is 5.32 Å². The molecule has 0 saturated carbocycles. The molecule has 0 aliphatic heterocycles. The number of amides is 1. The van der Waals surface area contributed by atoms with Crippen LogP contribution >= 0.6 is 45.9 Å². The molecule has 0 radical (unpaired) electrons. The van der Waals surface area contributed by atoms with Crippen LogP contribution in [0.25, 0.3) is 0 Å². The fourth-order valence-electron chi connectivity index (χ4n) is 1.42. The molecule has 7 heteroatoms. The van der Waals surface area contributed by atoms with E-state index in [4.69, 9.17) is 28.3 Å². The number of halogens is 2. The number of thiophene rings is 2. The van der Waals surface area contributed by atoms with Gasteiger partial charge in [-0.05, 0) is 18.2 Å². The Morgan fingerprint density at radius 2 is 2.15 bits per heavy atom. The lowest BCUT2D eigenvalue weighted by Crippen LogP contribution is -2.21. The van der Waals surface area contributed by atoms with Crippen LogP contribution in [0.4, 0.5) is 0 Å². The quantitative estimate of drug-likeness (QED) is 0.837. The first-order valence-corrected chi connectivity index (χ1v) is 7.90.